The lowest BCUT2D eigenvalue weighted by molar-refractivity contribution is 0.0512. The summed E-state index contributed by atoms with van der Waals surface area (Å²) >= 11 is 1.64. The van der Waals surface area contributed by atoms with E-state index in [-0.39, 0.29) is 5.82 Å². The number of hydrogen-bond donors (Lipinski definition) is 1. The van der Waals surface area contributed by atoms with Crippen LogP contribution in [0.5, 0.6) is 0 Å². The minimum absolute atomic E-state index is 0.0771. The topological polar surface area (TPSA) is 67.9 Å². The van der Waals surface area contributed by atoms with Crippen molar-refractivity contribution in [3.05, 3.63) is 22.8 Å². The van der Waals surface area contributed by atoms with E-state index in [1.807, 2.05) is 12.1 Å². The monoisotopic (exact) mass is 251 g/mol. The number of thiophene rings is 1. The number of hydrogen-bond acceptors (Lipinski definition) is 5. The molecule has 0 radical (unpaired) electrons. The van der Waals surface area contributed by atoms with Gasteiger partial charge in [-0.1, -0.05) is 6.92 Å². The number of aromatic amines is 1. The van der Waals surface area contributed by atoms with Crippen LogP contribution in [0, 0.1) is 0 Å². The maximum Gasteiger partial charge on any atom is 0.378 e. The molecule has 0 aliphatic rings. The number of rotatable bonds is 4. The first kappa shape index (κ1) is 11.8. The molecule has 0 amide bonds. The number of carbonyl (C=O) groups is 1. The number of ether oxygens (including phenoxy) is 1. The summed E-state index contributed by atoms with van der Waals surface area (Å²) in [6.07, 6.45) is 0.990. The highest BCUT2D eigenvalue weighted by molar-refractivity contribution is 7.15. The van der Waals surface area contributed by atoms with Crippen LogP contribution in [-0.2, 0) is 11.2 Å². The molecule has 90 valence electrons. The maximum atomic E-state index is 11.4. The number of nitrogens with zero attached hydrogens (tertiary/aromatic N) is 2. The van der Waals surface area contributed by atoms with Crippen LogP contribution in [0.1, 0.15) is 29.3 Å². The number of esters is 1. The molecule has 0 spiro atoms. The van der Waals surface area contributed by atoms with Gasteiger partial charge in [0.25, 0.3) is 5.82 Å². The van der Waals surface area contributed by atoms with E-state index >= 15 is 0 Å². The molecular formula is C11H13N3O2S. The van der Waals surface area contributed by atoms with E-state index < -0.39 is 5.97 Å². The van der Waals surface area contributed by atoms with Crippen LogP contribution < -0.4 is 0 Å². The van der Waals surface area contributed by atoms with Crippen molar-refractivity contribution in [2.45, 2.75) is 20.3 Å². The Morgan fingerprint density at radius 3 is 2.94 bits per heavy atom. The van der Waals surface area contributed by atoms with Gasteiger partial charge >= 0.3 is 5.97 Å². The van der Waals surface area contributed by atoms with Gasteiger partial charge in [0, 0.05) is 4.88 Å². The molecule has 6 heteroatoms. The molecule has 0 aromatic carbocycles. The smallest absolute Gasteiger partial charge is 0.378 e. The SMILES string of the molecule is CCOC(=O)c1n[nH]c(-c2ccc(CC)s2)n1. The van der Waals surface area contributed by atoms with Gasteiger partial charge in [0.1, 0.15) is 0 Å². The Morgan fingerprint density at radius 2 is 2.29 bits per heavy atom. The van der Waals surface area contributed by atoms with Gasteiger partial charge in [-0.05, 0) is 25.5 Å². The van der Waals surface area contributed by atoms with E-state index in [1.165, 1.54) is 4.88 Å². The highest BCUT2D eigenvalue weighted by Crippen LogP contribution is 2.25. The van der Waals surface area contributed by atoms with Crippen molar-refractivity contribution in [1.29, 1.82) is 0 Å². The standard InChI is InChI=1S/C11H13N3O2S/c1-3-7-5-6-8(17-7)9-12-10(14-13-9)11(15)16-4-2/h5-6H,3-4H2,1-2H3,(H,12,13,14). The van der Waals surface area contributed by atoms with Crippen LogP contribution in [-0.4, -0.2) is 27.8 Å². The molecule has 0 fully saturated rings. The van der Waals surface area contributed by atoms with Gasteiger partial charge in [0.05, 0.1) is 11.5 Å². The molecule has 0 aliphatic carbocycles. The molecule has 5 nitrogen and oxygen atoms in total. The van der Waals surface area contributed by atoms with E-state index in [1.54, 1.807) is 18.3 Å². The van der Waals surface area contributed by atoms with Gasteiger partial charge in [-0.3, -0.25) is 5.10 Å². The fraction of sp³-hybridized carbons (Fsp3) is 0.364. The van der Waals surface area contributed by atoms with Gasteiger partial charge in [-0.2, -0.15) is 0 Å². The summed E-state index contributed by atoms with van der Waals surface area (Å²) in [5.41, 5.74) is 0. The predicted octanol–water partition coefficient (Wildman–Crippen LogP) is 2.27. The second-order valence-corrected chi connectivity index (χ2v) is 4.52. The first-order valence-corrected chi connectivity index (χ1v) is 6.24. The van der Waals surface area contributed by atoms with Crippen molar-refractivity contribution in [1.82, 2.24) is 15.2 Å². The highest BCUT2D eigenvalue weighted by atomic mass is 32.1. The lowest BCUT2D eigenvalue weighted by Gasteiger charge is -1.94. The van der Waals surface area contributed by atoms with Gasteiger partial charge in [-0.25, -0.2) is 9.78 Å². The lowest BCUT2D eigenvalue weighted by atomic mass is 10.3. The Kier molecular flexibility index (Phi) is 3.53. The summed E-state index contributed by atoms with van der Waals surface area (Å²) < 4.78 is 4.82. The summed E-state index contributed by atoms with van der Waals surface area (Å²) in [7, 11) is 0. The van der Waals surface area contributed by atoms with Crippen molar-refractivity contribution in [3.63, 3.8) is 0 Å². The molecular weight excluding hydrogens is 238 g/mol. The zero-order valence-corrected chi connectivity index (χ0v) is 10.5. The number of H-pyrrole nitrogens is 1. The average Bonchev–Trinajstić information content (AvgIpc) is 2.98. The Labute approximate surface area is 103 Å². The molecule has 2 rings (SSSR count). The molecule has 0 saturated heterocycles. The highest BCUT2D eigenvalue weighted by Gasteiger charge is 2.14. The van der Waals surface area contributed by atoms with Crippen LogP contribution in [0.2, 0.25) is 0 Å². The quantitative estimate of drug-likeness (QED) is 0.846. The van der Waals surface area contributed by atoms with E-state index in [2.05, 4.69) is 22.1 Å². The fourth-order valence-electron chi connectivity index (χ4n) is 1.35. The van der Waals surface area contributed by atoms with Gasteiger partial charge < -0.3 is 4.74 Å². The van der Waals surface area contributed by atoms with Crippen molar-refractivity contribution < 1.29 is 9.53 Å². The van der Waals surface area contributed by atoms with E-state index in [0.717, 1.165) is 11.3 Å². The van der Waals surface area contributed by atoms with Crippen molar-refractivity contribution in [2.24, 2.45) is 0 Å². The summed E-state index contributed by atoms with van der Waals surface area (Å²) in [6.45, 7) is 4.17. The number of carbonyl (C=O) groups excluding carboxylic acids is 1. The van der Waals surface area contributed by atoms with Gasteiger partial charge in [-0.15, -0.1) is 16.4 Å². The fourth-order valence-corrected chi connectivity index (χ4v) is 2.24. The zero-order valence-electron chi connectivity index (χ0n) is 9.69. The van der Waals surface area contributed by atoms with E-state index in [4.69, 9.17) is 4.74 Å². The molecule has 2 heterocycles. The molecule has 0 atom stereocenters. The van der Waals surface area contributed by atoms with Crippen molar-refractivity contribution >= 4 is 17.3 Å². The van der Waals surface area contributed by atoms with Crippen LogP contribution >= 0.6 is 11.3 Å². The van der Waals surface area contributed by atoms with Crippen LogP contribution in [0.3, 0.4) is 0 Å². The molecule has 0 unspecified atom stereocenters. The third-order valence-corrected chi connectivity index (χ3v) is 3.42. The molecule has 2 aromatic heterocycles. The molecule has 0 aliphatic heterocycles. The minimum atomic E-state index is -0.498. The second kappa shape index (κ2) is 5.09. The predicted molar refractivity (Wildman–Crippen MR) is 65.0 cm³/mol. The van der Waals surface area contributed by atoms with Crippen molar-refractivity contribution in [3.8, 4) is 10.7 Å². The largest absolute Gasteiger partial charge is 0.460 e. The van der Waals surface area contributed by atoms with Crippen molar-refractivity contribution in [2.75, 3.05) is 6.61 Å². The lowest BCUT2D eigenvalue weighted by Crippen LogP contribution is -2.06. The third kappa shape index (κ3) is 2.52. The molecule has 0 saturated carbocycles. The zero-order chi connectivity index (χ0) is 12.3. The molecule has 2 aromatic rings. The molecule has 17 heavy (non-hydrogen) atoms. The first-order valence-electron chi connectivity index (χ1n) is 5.43. The van der Waals surface area contributed by atoms with Gasteiger partial charge in [0.2, 0.25) is 0 Å². The normalized spacial score (nSPS) is 10.5. The Balaban J connectivity index is 2.20. The summed E-state index contributed by atoms with van der Waals surface area (Å²) in [5, 5.41) is 6.59. The summed E-state index contributed by atoms with van der Waals surface area (Å²) in [5.74, 6) is 0.188. The number of aromatic nitrogens is 3. The van der Waals surface area contributed by atoms with E-state index in [0.29, 0.717) is 12.4 Å². The maximum absolute atomic E-state index is 11.4. The second-order valence-electron chi connectivity index (χ2n) is 3.35. The Bertz CT molecular complexity index is 518. The average molecular weight is 251 g/mol. The number of nitrogens with one attached hydrogen (secondary N) is 1. The Hall–Kier alpha value is -1.69. The summed E-state index contributed by atoms with van der Waals surface area (Å²) in [6, 6.07) is 4.02. The van der Waals surface area contributed by atoms with Gasteiger partial charge in [0.15, 0.2) is 5.82 Å². The Morgan fingerprint density at radius 1 is 1.47 bits per heavy atom. The van der Waals surface area contributed by atoms with Crippen LogP contribution in [0.4, 0.5) is 0 Å². The van der Waals surface area contributed by atoms with Crippen LogP contribution in [0.15, 0.2) is 12.1 Å². The minimum Gasteiger partial charge on any atom is -0.460 e. The first-order chi connectivity index (χ1) is 8.24. The number of aryl methyl sites for hydroxylation is 1. The van der Waals surface area contributed by atoms with E-state index in [9.17, 15) is 4.79 Å². The molecule has 1 N–H and O–H groups in total. The van der Waals surface area contributed by atoms with Crippen LogP contribution in [0.25, 0.3) is 10.7 Å². The summed E-state index contributed by atoms with van der Waals surface area (Å²) in [4.78, 5) is 17.8. The third-order valence-electron chi connectivity index (χ3n) is 2.19. The molecule has 0 bridgehead atoms.